The third kappa shape index (κ3) is 11.7. The zero-order valence-corrected chi connectivity index (χ0v) is 22.2. The van der Waals surface area contributed by atoms with E-state index in [1.165, 1.54) is 0 Å². The average molecular weight is 496 g/mol. The van der Waals surface area contributed by atoms with E-state index in [9.17, 15) is 14.7 Å². The van der Waals surface area contributed by atoms with Crippen molar-refractivity contribution in [2.75, 3.05) is 40.5 Å². The van der Waals surface area contributed by atoms with Gasteiger partial charge in [-0.25, -0.2) is 0 Å². The van der Waals surface area contributed by atoms with Crippen molar-refractivity contribution in [1.29, 1.82) is 0 Å². The number of aliphatic hydroxyl groups is 1. The van der Waals surface area contributed by atoms with Gasteiger partial charge < -0.3 is 35.3 Å². The third-order valence-corrected chi connectivity index (χ3v) is 5.58. The number of rotatable bonds is 18. The molecule has 200 valence electrons. The summed E-state index contributed by atoms with van der Waals surface area (Å²) >= 11 is 0. The lowest BCUT2D eigenvalue weighted by Crippen LogP contribution is -2.51. The predicted octanol–water partition coefficient (Wildman–Crippen LogP) is 2.51. The quantitative estimate of drug-likeness (QED) is 0.231. The highest BCUT2D eigenvalue weighted by Gasteiger charge is 2.26. The minimum Gasteiger partial charge on any atom is -0.493 e. The van der Waals surface area contributed by atoms with E-state index in [1.807, 2.05) is 13.8 Å². The largest absolute Gasteiger partial charge is 0.493 e. The second-order valence-electron chi connectivity index (χ2n) is 9.05. The molecule has 4 N–H and O–H groups in total. The molecule has 9 nitrogen and oxygen atoms in total. The first-order valence-electron chi connectivity index (χ1n) is 12.5. The van der Waals surface area contributed by atoms with Crippen molar-refractivity contribution >= 4 is 11.8 Å². The number of carbonyl (C=O) groups is 2. The maximum absolute atomic E-state index is 13.1. The monoisotopic (exact) mass is 495 g/mol. The van der Waals surface area contributed by atoms with Crippen LogP contribution in [0.25, 0.3) is 0 Å². The maximum Gasteiger partial charge on any atom is 0.251 e. The molecule has 1 aromatic rings. The zero-order valence-electron chi connectivity index (χ0n) is 22.2. The average Bonchev–Trinajstić information content (AvgIpc) is 2.83. The van der Waals surface area contributed by atoms with Gasteiger partial charge in [-0.05, 0) is 31.0 Å². The Kier molecular flexibility index (Phi) is 15.0. The number of carbonyl (C=O) groups excluding carboxylic acids is 2. The van der Waals surface area contributed by atoms with Crippen molar-refractivity contribution < 1.29 is 28.9 Å². The SMILES string of the molecule is CCCCNC(=O)[C@H](C)C[C@H](O)[C@H](CNC(C)C)NC(=O)c1ccc(OC)c(OCCCOC)c1. The molecule has 0 aliphatic carbocycles. The summed E-state index contributed by atoms with van der Waals surface area (Å²) in [5.74, 6) is 0.174. The molecule has 0 saturated heterocycles. The summed E-state index contributed by atoms with van der Waals surface area (Å²) in [6, 6.07) is 4.55. The van der Waals surface area contributed by atoms with E-state index in [0.29, 0.717) is 49.8 Å². The Bertz CT molecular complexity index is 759. The molecule has 1 aromatic carbocycles. The van der Waals surface area contributed by atoms with Crippen molar-refractivity contribution in [2.24, 2.45) is 5.92 Å². The number of ether oxygens (including phenoxy) is 3. The van der Waals surface area contributed by atoms with Gasteiger partial charge in [-0.2, -0.15) is 0 Å². The number of hydrogen-bond donors (Lipinski definition) is 4. The highest BCUT2D eigenvalue weighted by atomic mass is 16.5. The van der Waals surface area contributed by atoms with Gasteiger partial charge in [0.1, 0.15) is 0 Å². The minimum atomic E-state index is -0.903. The van der Waals surface area contributed by atoms with Gasteiger partial charge in [-0.1, -0.05) is 34.1 Å². The molecule has 0 radical (unpaired) electrons. The van der Waals surface area contributed by atoms with Crippen molar-refractivity contribution in [1.82, 2.24) is 16.0 Å². The normalized spacial score (nSPS) is 13.7. The summed E-state index contributed by atoms with van der Waals surface area (Å²) in [6.07, 6.45) is 1.95. The number of nitrogens with one attached hydrogen (secondary N) is 3. The van der Waals surface area contributed by atoms with Gasteiger partial charge in [-0.15, -0.1) is 0 Å². The van der Waals surface area contributed by atoms with E-state index in [1.54, 1.807) is 39.3 Å². The molecular weight excluding hydrogens is 450 g/mol. The molecular formula is C26H45N3O6. The molecule has 2 amide bonds. The highest BCUT2D eigenvalue weighted by Crippen LogP contribution is 2.28. The number of benzene rings is 1. The van der Waals surface area contributed by atoms with Crippen LogP contribution in [0.2, 0.25) is 0 Å². The second-order valence-corrected chi connectivity index (χ2v) is 9.05. The summed E-state index contributed by atoms with van der Waals surface area (Å²) < 4.78 is 16.2. The molecule has 0 bridgehead atoms. The number of hydrogen-bond acceptors (Lipinski definition) is 7. The molecule has 9 heteroatoms. The van der Waals surface area contributed by atoms with Crippen molar-refractivity contribution in [3.63, 3.8) is 0 Å². The highest BCUT2D eigenvalue weighted by molar-refractivity contribution is 5.95. The number of amides is 2. The standard InChI is InChI=1S/C26H45N3O6/c1-7-8-12-27-25(31)19(4)15-22(30)21(17-28-18(2)3)29-26(32)20-10-11-23(34-6)24(16-20)35-14-9-13-33-5/h10-11,16,18-19,21-22,28,30H,7-9,12-15,17H2,1-6H3,(H,27,31)(H,29,32)/t19-,21+,22+/m1/s1. The lowest BCUT2D eigenvalue weighted by Gasteiger charge is -2.27. The van der Waals surface area contributed by atoms with E-state index in [2.05, 4.69) is 22.9 Å². The first-order chi connectivity index (χ1) is 16.7. The first kappa shape index (κ1) is 30.7. The Hall–Kier alpha value is -2.36. The lowest BCUT2D eigenvalue weighted by molar-refractivity contribution is -0.125. The third-order valence-electron chi connectivity index (χ3n) is 5.58. The van der Waals surface area contributed by atoms with Crippen LogP contribution in [0.3, 0.4) is 0 Å². The summed E-state index contributed by atoms with van der Waals surface area (Å²) in [5.41, 5.74) is 0.389. The van der Waals surface area contributed by atoms with Gasteiger partial charge >= 0.3 is 0 Å². The fourth-order valence-electron chi connectivity index (χ4n) is 3.41. The van der Waals surface area contributed by atoms with Crippen LogP contribution in [-0.4, -0.2) is 75.6 Å². The fraction of sp³-hybridized carbons (Fsp3) is 0.692. The van der Waals surface area contributed by atoms with E-state index >= 15 is 0 Å². The van der Waals surface area contributed by atoms with E-state index < -0.39 is 12.1 Å². The first-order valence-corrected chi connectivity index (χ1v) is 12.5. The Morgan fingerprint density at radius 1 is 1.06 bits per heavy atom. The number of unbranched alkanes of at least 4 members (excludes halogenated alkanes) is 1. The van der Waals surface area contributed by atoms with Crippen LogP contribution < -0.4 is 25.4 Å². The summed E-state index contributed by atoms with van der Waals surface area (Å²) in [7, 11) is 3.17. The molecule has 0 aliphatic heterocycles. The van der Waals surface area contributed by atoms with Crippen LogP contribution >= 0.6 is 0 Å². The van der Waals surface area contributed by atoms with Gasteiger partial charge in [-0.3, -0.25) is 9.59 Å². The molecule has 0 spiro atoms. The van der Waals surface area contributed by atoms with Crippen LogP contribution in [0.15, 0.2) is 18.2 Å². The fourth-order valence-corrected chi connectivity index (χ4v) is 3.41. The van der Waals surface area contributed by atoms with Crippen molar-refractivity contribution in [3.8, 4) is 11.5 Å². The van der Waals surface area contributed by atoms with Crippen LogP contribution in [0.1, 0.15) is 63.7 Å². The molecule has 3 atom stereocenters. The van der Waals surface area contributed by atoms with Crippen LogP contribution in [0.4, 0.5) is 0 Å². The predicted molar refractivity (Wildman–Crippen MR) is 137 cm³/mol. The second kappa shape index (κ2) is 17.1. The van der Waals surface area contributed by atoms with E-state index in [-0.39, 0.29) is 30.2 Å². The van der Waals surface area contributed by atoms with Crippen molar-refractivity contribution in [2.45, 2.75) is 71.6 Å². The zero-order chi connectivity index (χ0) is 26.2. The Balaban J connectivity index is 2.89. The van der Waals surface area contributed by atoms with Gasteiger partial charge in [0.25, 0.3) is 5.91 Å². The molecule has 0 heterocycles. The molecule has 1 rings (SSSR count). The molecule has 35 heavy (non-hydrogen) atoms. The van der Waals surface area contributed by atoms with Gasteiger partial charge in [0, 0.05) is 50.8 Å². The topological polar surface area (TPSA) is 118 Å². The summed E-state index contributed by atoms with van der Waals surface area (Å²) in [5, 5.41) is 20.0. The van der Waals surface area contributed by atoms with Gasteiger partial charge in [0.05, 0.1) is 25.9 Å². The Labute approximate surface area is 210 Å². The van der Waals surface area contributed by atoms with Gasteiger partial charge in [0.15, 0.2) is 11.5 Å². The molecule has 0 aromatic heterocycles. The van der Waals surface area contributed by atoms with Gasteiger partial charge in [0.2, 0.25) is 5.91 Å². The summed E-state index contributed by atoms with van der Waals surface area (Å²) in [6.45, 7) is 9.82. The summed E-state index contributed by atoms with van der Waals surface area (Å²) in [4.78, 5) is 25.4. The molecule has 0 saturated carbocycles. The minimum absolute atomic E-state index is 0.0928. The lowest BCUT2D eigenvalue weighted by atomic mass is 9.97. The van der Waals surface area contributed by atoms with Crippen LogP contribution in [0.5, 0.6) is 11.5 Å². The van der Waals surface area contributed by atoms with E-state index in [0.717, 1.165) is 12.8 Å². The number of aliphatic hydroxyl groups excluding tert-OH is 1. The van der Waals surface area contributed by atoms with Crippen LogP contribution in [0, 0.1) is 5.92 Å². The maximum atomic E-state index is 13.1. The Morgan fingerprint density at radius 2 is 1.80 bits per heavy atom. The molecule has 0 unspecified atom stereocenters. The smallest absolute Gasteiger partial charge is 0.251 e. The van der Waals surface area contributed by atoms with Crippen LogP contribution in [-0.2, 0) is 9.53 Å². The Morgan fingerprint density at radius 3 is 2.43 bits per heavy atom. The molecule has 0 fully saturated rings. The van der Waals surface area contributed by atoms with Crippen molar-refractivity contribution in [3.05, 3.63) is 23.8 Å². The molecule has 0 aliphatic rings. The van der Waals surface area contributed by atoms with E-state index in [4.69, 9.17) is 14.2 Å². The number of methoxy groups -OCH3 is 2.